The summed E-state index contributed by atoms with van der Waals surface area (Å²) in [5, 5.41) is 3.73. The minimum atomic E-state index is -0.551. The van der Waals surface area contributed by atoms with Crippen LogP contribution in [0.3, 0.4) is 0 Å². The molecule has 0 aromatic carbocycles. The number of anilines is 1. The monoisotopic (exact) mass is 170 g/mol. The summed E-state index contributed by atoms with van der Waals surface area (Å²) in [7, 11) is 1.60. The number of ether oxygens (including phenoxy) is 1. The summed E-state index contributed by atoms with van der Waals surface area (Å²) < 4.78 is 5.98. The Labute approximate surface area is 69.3 Å². The van der Waals surface area contributed by atoms with Crippen LogP contribution in [0.1, 0.15) is 17.5 Å². The van der Waals surface area contributed by atoms with Crippen LogP contribution in [0.5, 0.6) is 0 Å². The van der Waals surface area contributed by atoms with E-state index in [1.807, 2.05) is 0 Å². The van der Waals surface area contributed by atoms with Crippen molar-refractivity contribution < 1.29 is 9.53 Å². The van der Waals surface area contributed by atoms with Gasteiger partial charge in [-0.05, 0) is 6.92 Å². The zero-order valence-electron chi connectivity index (χ0n) is 6.94. The maximum Gasteiger partial charge on any atom is 0.378 e. The number of hydrogen-bond acceptors (Lipinski definition) is 5. The highest BCUT2D eigenvalue weighted by Gasteiger charge is 2.13. The summed E-state index contributed by atoms with van der Waals surface area (Å²) in [6, 6.07) is 0. The van der Waals surface area contributed by atoms with Gasteiger partial charge in [0.15, 0.2) is 0 Å². The molecule has 12 heavy (non-hydrogen) atoms. The van der Waals surface area contributed by atoms with Crippen LogP contribution in [0.15, 0.2) is 0 Å². The maximum absolute atomic E-state index is 11.0. The minimum Gasteiger partial charge on any atom is -0.460 e. The molecule has 6 heteroatoms. The van der Waals surface area contributed by atoms with Crippen molar-refractivity contribution >= 4 is 11.9 Å². The largest absolute Gasteiger partial charge is 0.460 e. The van der Waals surface area contributed by atoms with Gasteiger partial charge in [0.1, 0.15) is 0 Å². The number of hydrogen-bond donors (Lipinski definition) is 1. The summed E-state index contributed by atoms with van der Waals surface area (Å²) in [6.07, 6.45) is 0. The highest BCUT2D eigenvalue weighted by Crippen LogP contribution is 1.98. The molecule has 1 aromatic rings. The Morgan fingerprint density at radius 1 is 1.75 bits per heavy atom. The van der Waals surface area contributed by atoms with Crippen LogP contribution >= 0.6 is 0 Å². The second-order valence-corrected chi connectivity index (χ2v) is 2.14. The van der Waals surface area contributed by atoms with Crippen LogP contribution in [0.4, 0.5) is 5.95 Å². The van der Waals surface area contributed by atoms with Crippen LogP contribution in [0.25, 0.3) is 0 Å². The predicted octanol–water partition coefficient (Wildman–Crippen LogP) is -0.426. The van der Waals surface area contributed by atoms with E-state index in [9.17, 15) is 4.79 Å². The second-order valence-electron chi connectivity index (χ2n) is 2.14. The molecule has 0 aliphatic rings. The van der Waals surface area contributed by atoms with Gasteiger partial charge in [-0.25, -0.2) is 9.48 Å². The van der Waals surface area contributed by atoms with Crippen LogP contribution < -0.4 is 5.73 Å². The summed E-state index contributed by atoms with van der Waals surface area (Å²) in [5.74, 6) is -0.361. The van der Waals surface area contributed by atoms with Crippen molar-refractivity contribution in [1.82, 2.24) is 14.8 Å². The third-order valence-electron chi connectivity index (χ3n) is 1.25. The van der Waals surface area contributed by atoms with Crippen molar-refractivity contribution in [2.75, 3.05) is 12.3 Å². The zero-order valence-corrected chi connectivity index (χ0v) is 6.94. The molecule has 0 amide bonds. The third kappa shape index (κ3) is 1.52. The van der Waals surface area contributed by atoms with Crippen LogP contribution in [0.2, 0.25) is 0 Å². The lowest BCUT2D eigenvalue weighted by atomic mass is 10.6. The van der Waals surface area contributed by atoms with Gasteiger partial charge in [0, 0.05) is 7.05 Å². The first kappa shape index (κ1) is 8.51. The van der Waals surface area contributed by atoms with E-state index in [4.69, 9.17) is 5.73 Å². The van der Waals surface area contributed by atoms with Crippen molar-refractivity contribution in [3.63, 3.8) is 0 Å². The fourth-order valence-corrected chi connectivity index (χ4v) is 0.679. The van der Waals surface area contributed by atoms with Gasteiger partial charge in [-0.2, -0.15) is 4.98 Å². The van der Waals surface area contributed by atoms with Gasteiger partial charge in [-0.3, -0.25) is 0 Å². The minimum absolute atomic E-state index is 0.00292. The summed E-state index contributed by atoms with van der Waals surface area (Å²) in [4.78, 5) is 14.7. The van der Waals surface area contributed by atoms with Crippen LogP contribution in [-0.2, 0) is 11.8 Å². The van der Waals surface area contributed by atoms with Gasteiger partial charge in [0.2, 0.25) is 5.95 Å². The number of aryl methyl sites for hydroxylation is 1. The fraction of sp³-hybridized carbons (Fsp3) is 0.500. The van der Waals surface area contributed by atoms with Gasteiger partial charge in [0.25, 0.3) is 5.82 Å². The van der Waals surface area contributed by atoms with E-state index in [0.29, 0.717) is 6.61 Å². The van der Waals surface area contributed by atoms with E-state index >= 15 is 0 Å². The first-order valence-electron chi connectivity index (χ1n) is 3.48. The van der Waals surface area contributed by atoms with Gasteiger partial charge in [-0.1, -0.05) is 0 Å². The molecule has 0 saturated carbocycles. The Bertz CT molecular complexity index is 274. The normalized spacial score (nSPS) is 9.83. The average molecular weight is 170 g/mol. The summed E-state index contributed by atoms with van der Waals surface area (Å²) in [6.45, 7) is 2.02. The summed E-state index contributed by atoms with van der Waals surface area (Å²) >= 11 is 0. The third-order valence-corrected chi connectivity index (χ3v) is 1.25. The molecule has 0 aliphatic heterocycles. The lowest BCUT2D eigenvalue weighted by Crippen LogP contribution is -2.07. The number of rotatable bonds is 2. The predicted molar refractivity (Wildman–Crippen MR) is 41.4 cm³/mol. The van der Waals surface area contributed by atoms with Gasteiger partial charge in [-0.15, -0.1) is 5.10 Å². The Morgan fingerprint density at radius 3 is 2.83 bits per heavy atom. The van der Waals surface area contributed by atoms with Crippen molar-refractivity contribution in [3.05, 3.63) is 5.82 Å². The number of esters is 1. The van der Waals surface area contributed by atoms with Crippen molar-refractivity contribution in [2.24, 2.45) is 7.05 Å². The van der Waals surface area contributed by atoms with E-state index in [1.54, 1.807) is 14.0 Å². The first-order chi connectivity index (χ1) is 5.65. The standard InChI is InChI=1S/C6H10N4O2/c1-3-12-5(11)4-8-6(7)10(2)9-4/h3H2,1-2H3,(H2,7,8,9). The molecule has 0 spiro atoms. The van der Waals surface area contributed by atoms with Gasteiger partial charge >= 0.3 is 5.97 Å². The molecular formula is C6H10N4O2. The second kappa shape index (κ2) is 3.21. The molecule has 2 N–H and O–H groups in total. The number of carbonyl (C=O) groups is 1. The van der Waals surface area contributed by atoms with Crippen LogP contribution in [-0.4, -0.2) is 27.3 Å². The highest BCUT2D eigenvalue weighted by atomic mass is 16.5. The van der Waals surface area contributed by atoms with Gasteiger partial charge in [0.05, 0.1) is 6.61 Å². The smallest absolute Gasteiger partial charge is 0.378 e. The molecule has 1 rings (SSSR count). The molecular weight excluding hydrogens is 160 g/mol. The number of nitrogens with two attached hydrogens (primary N) is 1. The molecule has 0 radical (unpaired) electrons. The molecule has 0 unspecified atom stereocenters. The Kier molecular flexibility index (Phi) is 2.27. The lowest BCUT2D eigenvalue weighted by molar-refractivity contribution is 0.0512. The molecule has 0 saturated heterocycles. The molecule has 1 aromatic heterocycles. The van der Waals surface area contributed by atoms with Crippen molar-refractivity contribution in [3.8, 4) is 0 Å². The molecule has 1 heterocycles. The molecule has 0 aliphatic carbocycles. The SMILES string of the molecule is CCOC(=O)c1nc(N)n(C)n1. The van der Waals surface area contributed by atoms with E-state index in [2.05, 4.69) is 14.8 Å². The van der Waals surface area contributed by atoms with Gasteiger partial charge < -0.3 is 10.5 Å². The molecule has 0 bridgehead atoms. The molecule has 0 atom stereocenters. The Hall–Kier alpha value is -1.59. The number of carbonyl (C=O) groups excluding carboxylic acids is 1. The number of aromatic nitrogens is 3. The quantitative estimate of drug-likeness (QED) is 0.609. The van der Waals surface area contributed by atoms with E-state index in [0.717, 1.165) is 0 Å². The van der Waals surface area contributed by atoms with E-state index < -0.39 is 5.97 Å². The highest BCUT2D eigenvalue weighted by molar-refractivity contribution is 5.85. The number of nitrogens with zero attached hydrogens (tertiary/aromatic N) is 3. The molecule has 0 fully saturated rings. The Balaban J connectivity index is 2.82. The first-order valence-corrected chi connectivity index (χ1v) is 3.48. The van der Waals surface area contributed by atoms with Crippen LogP contribution in [0, 0.1) is 0 Å². The van der Waals surface area contributed by atoms with E-state index in [1.165, 1.54) is 4.68 Å². The van der Waals surface area contributed by atoms with Crippen molar-refractivity contribution in [1.29, 1.82) is 0 Å². The number of nitrogen functional groups attached to an aromatic ring is 1. The lowest BCUT2D eigenvalue weighted by Gasteiger charge is -1.94. The molecule has 66 valence electrons. The Morgan fingerprint density at radius 2 is 2.42 bits per heavy atom. The fourth-order valence-electron chi connectivity index (χ4n) is 0.679. The summed E-state index contributed by atoms with van der Waals surface area (Å²) in [5.41, 5.74) is 5.36. The maximum atomic E-state index is 11.0. The average Bonchev–Trinajstić information content (AvgIpc) is 2.33. The molecule has 6 nitrogen and oxygen atoms in total. The van der Waals surface area contributed by atoms with Crippen molar-refractivity contribution in [2.45, 2.75) is 6.92 Å². The topological polar surface area (TPSA) is 83.0 Å². The zero-order chi connectivity index (χ0) is 9.14. The van der Waals surface area contributed by atoms with E-state index in [-0.39, 0.29) is 11.8 Å².